The van der Waals surface area contributed by atoms with Crippen LogP contribution in [0.5, 0.6) is 0 Å². The number of hydrogen-bond acceptors (Lipinski definition) is 2. The molecule has 0 unspecified atom stereocenters. The summed E-state index contributed by atoms with van der Waals surface area (Å²) >= 11 is 0. The Morgan fingerprint density at radius 2 is 1.64 bits per heavy atom. The third-order valence-electron chi connectivity index (χ3n) is 2.21. The predicted molar refractivity (Wildman–Crippen MR) is 55.9 cm³/mol. The maximum Gasteiger partial charge on any atom is 0.160 e. The van der Waals surface area contributed by atoms with Gasteiger partial charge in [0, 0.05) is 11.1 Å². The number of carbonyl (C=O) groups excluding carboxylic acids is 2. The van der Waals surface area contributed by atoms with Gasteiger partial charge in [0.2, 0.25) is 0 Å². The largest absolute Gasteiger partial charge is 0.294 e. The molecule has 0 aromatic rings. The second kappa shape index (κ2) is 4.18. The van der Waals surface area contributed by atoms with Gasteiger partial charge in [-0.05, 0) is 27.2 Å². The summed E-state index contributed by atoms with van der Waals surface area (Å²) in [5, 5.41) is 0. The molecule has 1 rings (SSSR count). The number of hydrogen-bond donors (Lipinski definition) is 0. The van der Waals surface area contributed by atoms with E-state index in [0.29, 0.717) is 11.1 Å². The molecule has 0 saturated carbocycles. The van der Waals surface area contributed by atoms with Gasteiger partial charge in [0.25, 0.3) is 0 Å². The molecule has 0 amide bonds. The second-order valence-electron chi connectivity index (χ2n) is 3.53. The zero-order valence-electron chi connectivity index (χ0n) is 8.76. The molecule has 0 atom stereocenters. The Balaban J connectivity index is 3.17. The summed E-state index contributed by atoms with van der Waals surface area (Å²) in [6, 6.07) is 0. The first-order valence-corrected chi connectivity index (χ1v) is 4.62. The first kappa shape index (κ1) is 10.6. The molecular formula is C12H14O2. The summed E-state index contributed by atoms with van der Waals surface area (Å²) in [6.45, 7) is 4.95. The van der Waals surface area contributed by atoms with Gasteiger partial charge in [-0.2, -0.15) is 0 Å². The summed E-state index contributed by atoms with van der Waals surface area (Å²) in [5.41, 5.74) is 2.22. The Bertz CT molecular complexity index is 368. The molecule has 0 heterocycles. The standard InChI is InChI=1S/C12H14O2/c1-8-4-6-11(9(2)13)12(7-5-8)10(3)14/h4,6-7H,5H2,1-3H3. The van der Waals surface area contributed by atoms with Crippen LogP contribution in [-0.4, -0.2) is 11.6 Å². The van der Waals surface area contributed by atoms with Gasteiger partial charge in [-0.25, -0.2) is 0 Å². The number of carbonyl (C=O) groups is 2. The van der Waals surface area contributed by atoms with Crippen LogP contribution in [0.1, 0.15) is 27.2 Å². The molecule has 14 heavy (non-hydrogen) atoms. The van der Waals surface area contributed by atoms with Crippen LogP contribution in [0.25, 0.3) is 0 Å². The van der Waals surface area contributed by atoms with Crippen molar-refractivity contribution in [3.8, 4) is 0 Å². The third kappa shape index (κ3) is 2.28. The molecular weight excluding hydrogens is 176 g/mol. The van der Waals surface area contributed by atoms with Crippen LogP contribution in [0, 0.1) is 0 Å². The molecule has 0 saturated heterocycles. The van der Waals surface area contributed by atoms with E-state index in [9.17, 15) is 9.59 Å². The molecule has 0 N–H and O–H groups in total. The van der Waals surface area contributed by atoms with Crippen LogP contribution in [0.2, 0.25) is 0 Å². The molecule has 0 radical (unpaired) electrons. The number of rotatable bonds is 2. The highest BCUT2D eigenvalue weighted by Gasteiger charge is 2.15. The molecule has 0 aromatic carbocycles. The number of allylic oxidation sites excluding steroid dienone is 6. The fraction of sp³-hybridized carbons (Fsp3) is 0.333. The quantitative estimate of drug-likeness (QED) is 0.669. The van der Waals surface area contributed by atoms with Gasteiger partial charge in [0.1, 0.15) is 0 Å². The van der Waals surface area contributed by atoms with Gasteiger partial charge in [-0.3, -0.25) is 9.59 Å². The minimum absolute atomic E-state index is 0.0467. The molecule has 1 aliphatic carbocycles. The van der Waals surface area contributed by atoms with Crippen molar-refractivity contribution >= 4 is 11.6 Å². The number of Topliss-reactive ketones (excluding diaryl/α,β-unsaturated/α-hetero) is 2. The van der Waals surface area contributed by atoms with E-state index in [0.717, 1.165) is 12.0 Å². The first-order chi connectivity index (χ1) is 6.52. The predicted octanol–water partition coefficient (Wildman–Crippen LogP) is 2.37. The topological polar surface area (TPSA) is 34.1 Å². The van der Waals surface area contributed by atoms with E-state index in [1.165, 1.54) is 13.8 Å². The van der Waals surface area contributed by atoms with Gasteiger partial charge in [-0.15, -0.1) is 0 Å². The van der Waals surface area contributed by atoms with Crippen molar-refractivity contribution in [2.75, 3.05) is 0 Å². The van der Waals surface area contributed by atoms with Gasteiger partial charge in [-0.1, -0.05) is 23.8 Å². The van der Waals surface area contributed by atoms with E-state index in [-0.39, 0.29) is 11.6 Å². The van der Waals surface area contributed by atoms with E-state index < -0.39 is 0 Å². The Kier molecular flexibility index (Phi) is 3.18. The minimum Gasteiger partial charge on any atom is -0.294 e. The Morgan fingerprint density at radius 3 is 2.14 bits per heavy atom. The van der Waals surface area contributed by atoms with E-state index in [2.05, 4.69) is 0 Å². The average molecular weight is 190 g/mol. The molecule has 2 heteroatoms. The Morgan fingerprint density at radius 1 is 1.07 bits per heavy atom. The van der Waals surface area contributed by atoms with E-state index >= 15 is 0 Å². The molecule has 2 nitrogen and oxygen atoms in total. The third-order valence-corrected chi connectivity index (χ3v) is 2.21. The highest BCUT2D eigenvalue weighted by molar-refractivity contribution is 6.11. The fourth-order valence-corrected chi connectivity index (χ4v) is 1.40. The van der Waals surface area contributed by atoms with Crippen molar-refractivity contribution < 1.29 is 9.59 Å². The van der Waals surface area contributed by atoms with Gasteiger partial charge < -0.3 is 0 Å². The molecule has 74 valence electrons. The lowest BCUT2D eigenvalue weighted by molar-refractivity contribution is -0.116. The highest BCUT2D eigenvalue weighted by Crippen LogP contribution is 2.19. The van der Waals surface area contributed by atoms with Crippen molar-refractivity contribution in [1.82, 2.24) is 0 Å². The van der Waals surface area contributed by atoms with E-state index in [1.54, 1.807) is 6.08 Å². The van der Waals surface area contributed by atoms with Crippen molar-refractivity contribution in [1.29, 1.82) is 0 Å². The van der Waals surface area contributed by atoms with Crippen LogP contribution in [0.3, 0.4) is 0 Å². The molecule has 1 aliphatic rings. The summed E-state index contributed by atoms with van der Waals surface area (Å²) in [4.78, 5) is 22.6. The fourth-order valence-electron chi connectivity index (χ4n) is 1.40. The molecule has 0 bridgehead atoms. The molecule has 0 fully saturated rings. The number of ketones is 2. The minimum atomic E-state index is -0.0580. The molecule has 0 spiro atoms. The first-order valence-electron chi connectivity index (χ1n) is 4.62. The van der Waals surface area contributed by atoms with Crippen molar-refractivity contribution in [2.45, 2.75) is 27.2 Å². The maximum atomic E-state index is 11.3. The smallest absolute Gasteiger partial charge is 0.160 e. The lowest BCUT2D eigenvalue weighted by Gasteiger charge is -2.03. The van der Waals surface area contributed by atoms with Gasteiger partial charge in [0.05, 0.1) is 0 Å². The van der Waals surface area contributed by atoms with Crippen molar-refractivity contribution in [2.24, 2.45) is 0 Å². The Hall–Kier alpha value is -1.44. The highest BCUT2D eigenvalue weighted by atomic mass is 16.1. The molecule has 0 aromatic heterocycles. The zero-order valence-corrected chi connectivity index (χ0v) is 8.76. The normalized spacial score (nSPS) is 16.4. The van der Waals surface area contributed by atoms with Crippen LogP contribution < -0.4 is 0 Å². The zero-order chi connectivity index (χ0) is 10.7. The monoisotopic (exact) mass is 190 g/mol. The summed E-state index contributed by atoms with van der Waals surface area (Å²) in [6.07, 6.45) is 6.19. The van der Waals surface area contributed by atoms with Gasteiger partial charge >= 0.3 is 0 Å². The Labute approximate surface area is 84.0 Å². The lowest BCUT2D eigenvalue weighted by Crippen LogP contribution is -2.06. The SMILES string of the molecule is CC(=O)C1=CC=C(C)CC=C1C(C)=O. The second-order valence-corrected chi connectivity index (χ2v) is 3.53. The van der Waals surface area contributed by atoms with Crippen LogP contribution in [-0.2, 0) is 9.59 Å². The summed E-state index contributed by atoms with van der Waals surface area (Å²) in [5.74, 6) is -0.105. The van der Waals surface area contributed by atoms with E-state index in [1.807, 2.05) is 19.1 Å². The maximum absolute atomic E-state index is 11.3. The van der Waals surface area contributed by atoms with Crippen LogP contribution >= 0.6 is 0 Å². The van der Waals surface area contributed by atoms with Gasteiger partial charge in [0.15, 0.2) is 11.6 Å². The molecule has 0 aliphatic heterocycles. The summed E-state index contributed by atoms with van der Waals surface area (Å²) < 4.78 is 0. The average Bonchev–Trinajstić information content (AvgIpc) is 2.26. The van der Waals surface area contributed by atoms with Crippen molar-refractivity contribution in [3.63, 3.8) is 0 Å². The van der Waals surface area contributed by atoms with E-state index in [4.69, 9.17) is 0 Å². The lowest BCUT2D eigenvalue weighted by atomic mass is 9.99. The van der Waals surface area contributed by atoms with Crippen LogP contribution in [0.15, 0.2) is 34.9 Å². The summed E-state index contributed by atoms with van der Waals surface area (Å²) in [7, 11) is 0. The van der Waals surface area contributed by atoms with Crippen molar-refractivity contribution in [3.05, 3.63) is 34.9 Å². The van der Waals surface area contributed by atoms with Crippen LogP contribution in [0.4, 0.5) is 0 Å².